The smallest absolute Gasteiger partial charge is 0.194 e. The molecule has 3 nitrogen and oxygen atoms in total. The third kappa shape index (κ3) is 2.23. The first kappa shape index (κ1) is 12.6. The fraction of sp³-hybridized carbons (Fsp3) is 0.176. The number of hydrogen-bond donors (Lipinski definition) is 0. The Labute approximate surface area is 118 Å². The van der Waals surface area contributed by atoms with E-state index in [1.165, 1.54) is 16.5 Å². The highest BCUT2D eigenvalue weighted by molar-refractivity contribution is 5.82. The topological polar surface area (TPSA) is 23.4 Å². The van der Waals surface area contributed by atoms with E-state index in [0.29, 0.717) is 0 Å². The average molecular weight is 267 g/mol. The van der Waals surface area contributed by atoms with E-state index in [1.807, 2.05) is 30.3 Å². The van der Waals surface area contributed by atoms with Crippen LogP contribution >= 0.6 is 0 Å². The largest absolute Gasteiger partial charge is 0.497 e. The van der Waals surface area contributed by atoms with Crippen LogP contribution in [0.3, 0.4) is 0 Å². The molecule has 0 unspecified atom stereocenters. The van der Waals surface area contributed by atoms with Gasteiger partial charge in [-0.3, -0.25) is 0 Å². The summed E-state index contributed by atoms with van der Waals surface area (Å²) in [6.45, 7) is 0.758. The number of rotatable bonds is 4. The molecule has 2 aromatic carbocycles. The van der Waals surface area contributed by atoms with Crippen LogP contribution < -0.4 is 9.47 Å². The molecule has 0 atom stereocenters. The van der Waals surface area contributed by atoms with Gasteiger partial charge in [0.2, 0.25) is 0 Å². The normalized spacial score (nSPS) is 10.7. The van der Waals surface area contributed by atoms with Gasteiger partial charge in [-0.1, -0.05) is 30.3 Å². The van der Waals surface area contributed by atoms with Crippen LogP contribution in [0.1, 0.15) is 5.56 Å². The second-order valence-electron chi connectivity index (χ2n) is 4.68. The van der Waals surface area contributed by atoms with Crippen LogP contribution in [0.4, 0.5) is 0 Å². The summed E-state index contributed by atoms with van der Waals surface area (Å²) < 4.78 is 12.9. The minimum atomic E-state index is 0.758. The molecule has 0 radical (unpaired) electrons. The molecule has 0 aliphatic rings. The molecule has 0 saturated heterocycles. The van der Waals surface area contributed by atoms with Crippen LogP contribution in [0, 0.1) is 0 Å². The average Bonchev–Trinajstić information content (AvgIpc) is 2.85. The second-order valence-corrected chi connectivity index (χ2v) is 4.68. The third-order valence-corrected chi connectivity index (χ3v) is 3.46. The van der Waals surface area contributed by atoms with Crippen LogP contribution in [0.5, 0.6) is 11.6 Å². The Morgan fingerprint density at radius 3 is 2.55 bits per heavy atom. The van der Waals surface area contributed by atoms with Crippen molar-refractivity contribution in [3.63, 3.8) is 0 Å². The van der Waals surface area contributed by atoms with Crippen molar-refractivity contribution in [1.82, 2.24) is 4.57 Å². The van der Waals surface area contributed by atoms with Crippen molar-refractivity contribution in [3.05, 3.63) is 60.2 Å². The molecule has 0 N–H and O–H groups in total. The molecular formula is C17H17NO2. The lowest BCUT2D eigenvalue weighted by atomic mass is 10.2. The SMILES string of the molecule is COc1cccc(Cn2c(OC)cc3ccccc32)c1. The standard InChI is InChI=1S/C17H17NO2/c1-19-15-8-5-6-13(10-15)12-18-16-9-4-3-7-14(16)11-17(18)20-2/h3-11H,12H2,1-2H3. The molecule has 1 heterocycles. The van der Waals surface area contributed by atoms with E-state index in [9.17, 15) is 0 Å². The summed E-state index contributed by atoms with van der Waals surface area (Å²) in [5.41, 5.74) is 2.36. The van der Waals surface area contributed by atoms with Crippen LogP contribution in [0.15, 0.2) is 54.6 Å². The summed E-state index contributed by atoms with van der Waals surface area (Å²) in [7, 11) is 3.39. The summed E-state index contributed by atoms with van der Waals surface area (Å²) in [6.07, 6.45) is 0. The number of para-hydroxylation sites is 1. The first-order valence-electron chi connectivity index (χ1n) is 6.57. The molecule has 0 bridgehead atoms. The quantitative estimate of drug-likeness (QED) is 0.719. The molecule has 0 fully saturated rings. The molecule has 0 spiro atoms. The molecule has 0 amide bonds. The van der Waals surface area contributed by atoms with E-state index >= 15 is 0 Å². The minimum absolute atomic E-state index is 0.758. The maximum absolute atomic E-state index is 5.49. The van der Waals surface area contributed by atoms with E-state index in [4.69, 9.17) is 9.47 Å². The number of fused-ring (bicyclic) bond motifs is 1. The number of hydrogen-bond acceptors (Lipinski definition) is 2. The molecule has 3 heteroatoms. The number of benzene rings is 2. The van der Waals surface area contributed by atoms with Crippen LogP contribution in [0.2, 0.25) is 0 Å². The third-order valence-electron chi connectivity index (χ3n) is 3.46. The van der Waals surface area contributed by atoms with E-state index in [0.717, 1.165) is 18.2 Å². The fourth-order valence-electron chi connectivity index (χ4n) is 2.47. The van der Waals surface area contributed by atoms with Crippen molar-refractivity contribution >= 4 is 10.9 Å². The number of methoxy groups -OCH3 is 2. The van der Waals surface area contributed by atoms with Crippen molar-refractivity contribution in [2.45, 2.75) is 6.54 Å². The Kier molecular flexibility index (Phi) is 3.33. The number of nitrogens with zero attached hydrogens (tertiary/aromatic N) is 1. The van der Waals surface area contributed by atoms with Gasteiger partial charge in [-0.2, -0.15) is 0 Å². The Morgan fingerprint density at radius 1 is 0.900 bits per heavy atom. The zero-order valence-electron chi connectivity index (χ0n) is 11.7. The Hall–Kier alpha value is -2.42. The molecule has 0 saturated carbocycles. The predicted octanol–water partition coefficient (Wildman–Crippen LogP) is 3.71. The van der Waals surface area contributed by atoms with Gasteiger partial charge in [0.05, 0.1) is 26.3 Å². The maximum Gasteiger partial charge on any atom is 0.194 e. The maximum atomic E-state index is 5.49. The highest BCUT2D eigenvalue weighted by atomic mass is 16.5. The van der Waals surface area contributed by atoms with Gasteiger partial charge in [-0.05, 0) is 23.8 Å². The predicted molar refractivity (Wildman–Crippen MR) is 80.6 cm³/mol. The Morgan fingerprint density at radius 2 is 1.75 bits per heavy atom. The van der Waals surface area contributed by atoms with E-state index in [1.54, 1.807) is 14.2 Å². The molecule has 3 aromatic rings. The monoisotopic (exact) mass is 267 g/mol. The van der Waals surface area contributed by atoms with E-state index in [2.05, 4.69) is 28.8 Å². The molecule has 1 aromatic heterocycles. The van der Waals surface area contributed by atoms with Gasteiger partial charge in [0, 0.05) is 11.5 Å². The number of aromatic nitrogens is 1. The summed E-state index contributed by atoms with van der Waals surface area (Å²) >= 11 is 0. The van der Waals surface area contributed by atoms with Gasteiger partial charge in [0.15, 0.2) is 5.88 Å². The van der Waals surface area contributed by atoms with E-state index in [-0.39, 0.29) is 0 Å². The van der Waals surface area contributed by atoms with Gasteiger partial charge in [0.1, 0.15) is 5.75 Å². The van der Waals surface area contributed by atoms with Gasteiger partial charge >= 0.3 is 0 Å². The van der Waals surface area contributed by atoms with Crippen LogP contribution in [0.25, 0.3) is 10.9 Å². The molecular weight excluding hydrogens is 250 g/mol. The molecule has 20 heavy (non-hydrogen) atoms. The van der Waals surface area contributed by atoms with Crippen molar-refractivity contribution < 1.29 is 9.47 Å². The Balaban J connectivity index is 2.04. The zero-order chi connectivity index (χ0) is 13.9. The summed E-state index contributed by atoms with van der Waals surface area (Å²) in [5.74, 6) is 1.74. The lowest BCUT2D eigenvalue weighted by molar-refractivity contribution is 0.379. The molecule has 102 valence electrons. The van der Waals surface area contributed by atoms with Crippen molar-refractivity contribution in [2.24, 2.45) is 0 Å². The first-order chi connectivity index (χ1) is 9.81. The van der Waals surface area contributed by atoms with Crippen LogP contribution in [-0.4, -0.2) is 18.8 Å². The Bertz CT molecular complexity index is 731. The lowest BCUT2D eigenvalue weighted by Crippen LogP contribution is -2.02. The highest BCUT2D eigenvalue weighted by Crippen LogP contribution is 2.26. The molecule has 0 aliphatic carbocycles. The summed E-state index contributed by atoms with van der Waals surface area (Å²) in [5, 5.41) is 1.19. The summed E-state index contributed by atoms with van der Waals surface area (Å²) in [6, 6.07) is 18.5. The second kappa shape index (κ2) is 5.29. The first-order valence-corrected chi connectivity index (χ1v) is 6.57. The fourth-order valence-corrected chi connectivity index (χ4v) is 2.47. The zero-order valence-corrected chi connectivity index (χ0v) is 11.7. The lowest BCUT2D eigenvalue weighted by Gasteiger charge is -2.10. The number of ether oxygens (including phenoxy) is 2. The molecule has 3 rings (SSSR count). The van der Waals surface area contributed by atoms with Gasteiger partial charge < -0.3 is 14.0 Å². The van der Waals surface area contributed by atoms with Gasteiger partial charge in [0.25, 0.3) is 0 Å². The van der Waals surface area contributed by atoms with E-state index < -0.39 is 0 Å². The highest BCUT2D eigenvalue weighted by Gasteiger charge is 2.09. The van der Waals surface area contributed by atoms with Crippen molar-refractivity contribution in [3.8, 4) is 11.6 Å². The van der Waals surface area contributed by atoms with Crippen LogP contribution in [-0.2, 0) is 6.54 Å². The minimum Gasteiger partial charge on any atom is -0.497 e. The van der Waals surface area contributed by atoms with Gasteiger partial charge in [-0.15, -0.1) is 0 Å². The van der Waals surface area contributed by atoms with Crippen molar-refractivity contribution in [1.29, 1.82) is 0 Å². The van der Waals surface area contributed by atoms with Gasteiger partial charge in [-0.25, -0.2) is 0 Å². The molecule has 0 aliphatic heterocycles. The summed E-state index contributed by atoms with van der Waals surface area (Å²) in [4.78, 5) is 0. The van der Waals surface area contributed by atoms with Crippen molar-refractivity contribution in [2.75, 3.05) is 14.2 Å².